The van der Waals surface area contributed by atoms with Crippen molar-refractivity contribution in [1.29, 1.82) is 0 Å². The Morgan fingerprint density at radius 1 is 0.855 bits per heavy atom. The molecule has 0 aliphatic carbocycles. The molecule has 332 valence electrons. The lowest BCUT2D eigenvalue weighted by atomic mass is 10.0. The molecular weight excluding hydrogens is 813 g/mol. The number of carbonyl (C=O) groups is 3. The van der Waals surface area contributed by atoms with Gasteiger partial charge in [0.1, 0.15) is 55.8 Å². The van der Waals surface area contributed by atoms with E-state index in [1.165, 1.54) is 41.4 Å². The number of hydrogen-bond donors (Lipinski definition) is 8. The highest BCUT2D eigenvalue weighted by atomic mass is 16.6. The van der Waals surface area contributed by atoms with E-state index >= 15 is 0 Å². The first-order valence-corrected chi connectivity index (χ1v) is 20.2. The number of ether oxygens (including phenoxy) is 4. The number of fused-ring (bicyclic) bond motifs is 2. The monoisotopic (exact) mass is 862 g/mol. The zero-order valence-corrected chi connectivity index (χ0v) is 34.1. The largest absolute Gasteiger partial charge is 0.459 e. The van der Waals surface area contributed by atoms with E-state index in [0.717, 1.165) is 5.56 Å². The number of esters is 2. The van der Waals surface area contributed by atoms with Gasteiger partial charge >= 0.3 is 11.9 Å². The minimum atomic E-state index is -1.40. The van der Waals surface area contributed by atoms with Crippen molar-refractivity contribution >= 4 is 51.8 Å². The Labute approximate surface area is 354 Å². The number of aliphatic hydroxyl groups is 4. The predicted octanol–water partition coefficient (Wildman–Crippen LogP) is -0.677. The number of nitrogens with two attached hydrogens (primary N) is 1. The van der Waals surface area contributed by atoms with Crippen molar-refractivity contribution in [3.05, 3.63) is 60.7 Å². The quantitative estimate of drug-likeness (QED) is 0.0400. The number of benzene rings is 1. The molecule has 5 aromatic rings. The van der Waals surface area contributed by atoms with E-state index in [-0.39, 0.29) is 18.3 Å². The number of anilines is 2. The van der Waals surface area contributed by atoms with Crippen LogP contribution >= 0.6 is 0 Å². The van der Waals surface area contributed by atoms with Crippen molar-refractivity contribution in [2.45, 2.75) is 101 Å². The fourth-order valence-electron chi connectivity index (χ4n) is 7.49. The van der Waals surface area contributed by atoms with Gasteiger partial charge in [0.15, 0.2) is 52.5 Å². The Morgan fingerprint density at radius 3 is 2.06 bits per heavy atom. The molecule has 9 N–H and O–H groups in total. The van der Waals surface area contributed by atoms with E-state index in [9.17, 15) is 34.8 Å². The van der Waals surface area contributed by atoms with Gasteiger partial charge in [0.2, 0.25) is 5.91 Å². The van der Waals surface area contributed by atoms with E-state index in [4.69, 9.17) is 24.7 Å². The summed E-state index contributed by atoms with van der Waals surface area (Å²) in [4.78, 5) is 64.1. The number of rotatable bonds is 18. The number of hydrogen-bond acceptors (Lipinski definition) is 20. The van der Waals surface area contributed by atoms with Gasteiger partial charge in [-0.25, -0.2) is 39.5 Å². The molecule has 0 saturated carbocycles. The van der Waals surface area contributed by atoms with Gasteiger partial charge in [-0.3, -0.25) is 13.9 Å². The van der Waals surface area contributed by atoms with Crippen LogP contribution in [0, 0.1) is 0 Å². The number of carbonyl (C=O) groups excluding carboxylic acids is 3. The minimum absolute atomic E-state index is 0.173. The lowest BCUT2D eigenvalue weighted by Gasteiger charge is -2.24. The molecule has 6 heterocycles. The van der Waals surface area contributed by atoms with Crippen LogP contribution in [-0.2, 0) is 35.0 Å². The van der Waals surface area contributed by atoms with E-state index in [1.807, 2.05) is 19.9 Å². The maximum absolute atomic E-state index is 13.1. The van der Waals surface area contributed by atoms with Crippen molar-refractivity contribution in [3.63, 3.8) is 0 Å². The van der Waals surface area contributed by atoms with E-state index in [2.05, 4.69) is 45.9 Å². The molecule has 1 unspecified atom stereocenters. The first-order valence-electron chi connectivity index (χ1n) is 20.2. The van der Waals surface area contributed by atoms with Crippen LogP contribution in [0.3, 0.4) is 0 Å². The Bertz CT molecular complexity index is 2360. The molecule has 1 aromatic carbocycles. The van der Waals surface area contributed by atoms with Gasteiger partial charge in [0.05, 0.1) is 24.8 Å². The van der Waals surface area contributed by atoms with E-state index in [0.29, 0.717) is 66.2 Å². The third-order valence-corrected chi connectivity index (χ3v) is 10.5. The third-order valence-electron chi connectivity index (χ3n) is 10.5. The zero-order valence-electron chi connectivity index (χ0n) is 34.1. The molecule has 4 aromatic heterocycles. The molecule has 2 aliphatic heterocycles. The van der Waals surface area contributed by atoms with Crippen LogP contribution in [0.4, 0.5) is 11.6 Å². The molecule has 23 heteroatoms. The predicted molar refractivity (Wildman–Crippen MR) is 217 cm³/mol. The molecule has 1 amide bonds. The summed E-state index contributed by atoms with van der Waals surface area (Å²) in [5.74, 6) is -1.06. The minimum Gasteiger partial charge on any atom is -0.459 e. The second-order valence-corrected chi connectivity index (χ2v) is 15.1. The average molecular weight is 863 g/mol. The molecule has 0 bridgehead atoms. The van der Waals surface area contributed by atoms with Crippen molar-refractivity contribution in [3.8, 4) is 0 Å². The molecule has 10 atom stereocenters. The van der Waals surface area contributed by atoms with Crippen molar-refractivity contribution < 1.29 is 53.8 Å². The Kier molecular flexibility index (Phi) is 13.8. The van der Waals surface area contributed by atoms with E-state index in [1.54, 1.807) is 18.2 Å². The second kappa shape index (κ2) is 19.4. The highest BCUT2D eigenvalue weighted by Gasteiger charge is 2.48. The molecule has 2 saturated heterocycles. The van der Waals surface area contributed by atoms with Gasteiger partial charge < -0.3 is 61.1 Å². The SMILES string of the molecule is CCCC(NC(C)=O)C(=O)O[C@@H]1[C@H](O)[C@@H](CO)O[C@H]1n1cnc2c(NCCNc3ncnc4c3ncn4[C@@H]3O[C@H](COC(=O)c4ccccc4C[C@@H](C)N)[C@@H](O)[C@H]3O)ncnc21. The summed E-state index contributed by atoms with van der Waals surface area (Å²) in [6.07, 6.45) is -3.03. The summed E-state index contributed by atoms with van der Waals surface area (Å²) >= 11 is 0. The lowest BCUT2D eigenvalue weighted by molar-refractivity contribution is -0.162. The second-order valence-electron chi connectivity index (χ2n) is 15.1. The van der Waals surface area contributed by atoms with Crippen molar-refractivity contribution in [1.82, 2.24) is 44.4 Å². The summed E-state index contributed by atoms with van der Waals surface area (Å²) in [5, 5.41) is 51.7. The van der Waals surface area contributed by atoms with Crippen LogP contribution in [0.5, 0.6) is 0 Å². The summed E-state index contributed by atoms with van der Waals surface area (Å²) < 4.78 is 26.1. The smallest absolute Gasteiger partial charge is 0.338 e. The molecule has 0 radical (unpaired) electrons. The lowest BCUT2D eigenvalue weighted by Crippen LogP contribution is -2.45. The van der Waals surface area contributed by atoms with Gasteiger partial charge in [-0.05, 0) is 31.4 Å². The average Bonchev–Trinajstić information content (AvgIpc) is 4.02. The highest BCUT2D eigenvalue weighted by Crippen LogP contribution is 2.35. The maximum atomic E-state index is 13.1. The topological polar surface area (TPSA) is 318 Å². The molecule has 2 aliphatic rings. The highest BCUT2D eigenvalue weighted by molar-refractivity contribution is 5.91. The Morgan fingerprint density at radius 2 is 1.47 bits per heavy atom. The summed E-state index contributed by atoms with van der Waals surface area (Å²) in [6.45, 7) is 4.70. The van der Waals surface area contributed by atoms with Crippen molar-refractivity contribution in [2.24, 2.45) is 5.73 Å². The van der Waals surface area contributed by atoms with Crippen LogP contribution < -0.4 is 21.7 Å². The number of nitrogens with one attached hydrogen (secondary N) is 3. The summed E-state index contributed by atoms with van der Waals surface area (Å²) in [5.41, 5.74) is 8.32. The number of amides is 1. The van der Waals surface area contributed by atoms with Gasteiger partial charge in [0.25, 0.3) is 0 Å². The van der Waals surface area contributed by atoms with Crippen LogP contribution in [-0.4, -0.2) is 152 Å². The molecule has 62 heavy (non-hydrogen) atoms. The molecule has 23 nitrogen and oxygen atoms in total. The normalized spacial score (nSPS) is 24.5. The number of aromatic nitrogens is 8. The van der Waals surface area contributed by atoms with Gasteiger partial charge in [0, 0.05) is 26.1 Å². The fraction of sp³-hybridized carbons (Fsp3) is 0.513. The number of aliphatic hydroxyl groups excluding tert-OH is 4. The van der Waals surface area contributed by atoms with Gasteiger partial charge in [-0.2, -0.15) is 0 Å². The standard InChI is InChI=1S/C39H50N12O11/c1-4-7-23(49-20(3)53)39(58)62-31-29(55)24(13-52)60-37(31)51-18-48-27-33(44-16-46-35(27)51)42-11-10-41-32-26-34(45-15-43-32)50(17-47-26)36-30(56)28(54)25(61-36)14-59-38(57)22-9-6-5-8-21(22)12-19(2)40/h5-6,8-9,15-19,23-25,28-31,36-37,52,54-56H,4,7,10-14,40H2,1-3H3,(H,49,53)(H,41,43,45)(H,42,44,46)/t19-,23?,24-,25-,28-,29-,30-,31-,36-,37-/m1/s1. The third kappa shape index (κ3) is 9.28. The molecule has 2 fully saturated rings. The van der Waals surface area contributed by atoms with Crippen LogP contribution in [0.2, 0.25) is 0 Å². The zero-order chi connectivity index (χ0) is 44.1. The van der Waals surface area contributed by atoms with Crippen LogP contribution in [0.1, 0.15) is 62.0 Å². The van der Waals surface area contributed by atoms with Crippen molar-refractivity contribution in [2.75, 3.05) is 36.9 Å². The summed E-state index contributed by atoms with van der Waals surface area (Å²) in [6, 6.07) is 5.85. The van der Waals surface area contributed by atoms with Crippen LogP contribution in [0.15, 0.2) is 49.6 Å². The fourth-order valence-corrected chi connectivity index (χ4v) is 7.49. The molecule has 0 spiro atoms. The Hall–Kier alpha value is -5.95. The number of imidazole rings is 2. The number of nitrogens with zero attached hydrogens (tertiary/aromatic N) is 8. The molecule has 7 rings (SSSR count). The van der Waals surface area contributed by atoms with Gasteiger partial charge in [-0.15, -0.1) is 0 Å². The first kappa shape index (κ1) is 44.1. The maximum Gasteiger partial charge on any atom is 0.338 e. The molecular formula is C39H50N12O11. The first-order chi connectivity index (χ1) is 29.9. The summed E-state index contributed by atoms with van der Waals surface area (Å²) in [7, 11) is 0. The van der Waals surface area contributed by atoms with Gasteiger partial charge in [-0.1, -0.05) is 31.5 Å². The van der Waals surface area contributed by atoms with Crippen LogP contribution in [0.25, 0.3) is 22.3 Å². The Balaban J connectivity index is 0.982. The van der Waals surface area contributed by atoms with E-state index < -0.39 is 79.6 Å².